The summed E-state index contributed by atoms with van der Waals surface area (Å²) in [5.74, 6) is -0.915. The number of halogens is 1. The second-order valence-electron chi connectivity index (χ2n) is 3.58. The summed E-state index contributed by atoms with van der Waals surface area (Å²) >= 11 is 0. The summed E-state index contributed by atoms with van der Waals surface area (Å²) in [6.07, 6.45) is 2.95. The monoisotopic (exact) mass is 234 g/mol. The Morgan fingerprint density at radius 1 is 1.53 bits per heavy atom. The van der Waals surface area contributed by atoms with Crippen molar-refractivity contribution >= 4 is 17.3 Å². The highest BCUT2D eigenvalue weighted by Gasteiger charge is 2.10. The Morgan fingerprint density at radius 2 is 2.29 bits per heavy atom. The van der Waals surface area contributed by atoms with Gasteiger partial charge in [0.25, 0.3) is 5.91 Å². The third-order valence-corrected chi connectivity index (χ3v) is 2.31. The first-order chi connectivity index (χ1) is 8.08. The largest absolute Gasteiger partial charge is 0.396 e. The second kappa shape index (κ2) is 4.25. The Labute approximate surface area is 97.1 Å². The number of hydrogen-bond donors (Lipinski definition) is 2. The van der Waals surface area contributed by atoms with Crippen LogP contribution >= 0.6 is 0 Å². The molecule has 0 saturated heterocycles. The normalized spacial score (nSPS) is 10.2. The summed E-state index contributed by atoms with van der Waals surface area (Å²) in [6.45, 7) is 0. The van der Waals surface area contributed by atoms with Gasteiger partial charge in [-0.2, -0.15) is 0 Å². The van der Waals surface area contributed by atoms with Crippen LogP contribution in [0.1, 0.15) is 10.5 Å². The maximum Gasteiger partial charge on any atom is 0.273 e. The van der Waals surface area contributed by atoms with E-state index in [1.165, 1.54) is 30.7 Å². The van der Waals surface area contributed by atoms with E-state index in [9.17, 15) is 9.18 Å². The molecule has 0 atom stereocenters. The van der Waals surface area contributed by atoms with Gasteiger partial charge in [0.05, 0.1) is 18.2 Å². The fourth-order valence-corrected chi connectivity index (χ4v) is 1.38. The van der Waals surface area contributed by atoms with Crippen LogP contribution in [0.15, 0.2) is 30.7 Å². The zero-order valence-electron chi connectivity index (χ0n) is 9.14. The lowest BCUT2D eigenvalue weighted by Gasteiger charge is -2.06. The minimum atomic E-state index is -0.562. The number of aryl methyl sites for hydroxylation is 1. The van der Waals surface area contributed by atoms with Crippen LogP contribution in [-0.2, 0) is 7.05 Å². The fourth-order valence-electron chi connectivity index (χ4n) is 1.38. The van der Waals surface area contributed by atoms with Gasteiger partial charge in [-0.25, -0.2) is 9.37 Å². The smallest absolute Gasteiger partial charge is 0.273 e. The van der Waals surface area contributed by atoms with Crippen LogP contribution in [0.2, 0.25) is 0 Å². The highest BCUT2D eigenvalue weighted by Crippen LogP contribution is 2.16. The number of nitrogens with two attached hydrogens (primary N) is 1. The first-order valence-corrected chi connectivity index (χ1v) is 4.90. The third-order valence-electron chi connectivity index (χ3n) is 2.31. The molecule has 0 saturated carbocycles. The number of anilines is 2. The molecular formula is C11H11FN4O. The zero-order chi connectivity index (χ0) is 12.4. The molecule has 5 nitrogen and oxygen atoms in total. The Bertz CT molecular complexity index is 564. The van der Waals surface area contributed by atoms with Gasteiger partial charge in [-0.05, 0) is 18.2 Å². The van der Waals surface area contributed by atoms with E-state index >= 15 is 0 Å². The topological polar surface area (TPSA) is 72.9 Å². The molecule has 6 heteroatoms. The minimum Gasteiger partial charge on any atom is -0.396 e. The summed E-state index contributed by atoms with van der Waals surface area (Å²) in [6, 6.07) is 4.10. The van der Waals surface area contributed by atoms with E-state index in [2.05, 4.69) is 10.3 Å². The van der Waals surface area contributed by atoms with Gasteiger partial charge < -0.3 is 15.6 Å². The molecule has 0 bridgehead atoms. The van der Waals surface area contributed by atoms with E-state index in [4.69, 9.17) is 5.73 Å². The molecule has 1 heterocycles. The Balaban J connectivity index is 2.19. The van der Waals surface area contributed by atoms with Gasteiger partial charge in [0.2, 0.25) is 0 Å². The van der Waals surface area contributed by atoms with Gasteiger partial charge in [0.15, 0.2) is 0 Å². The molecule has 17 heavy (non-hydrogen) atoms. The van der Waals surface area contributed by atoms with Crippen molar-refractivity contribution in [2.75, 3.05) is 11.1 Å². The quantitative estimate of drug-likeness (QED) is 0.771. The number of carbonyl (C=O) groups excluding carboxylic acids is 1. The number of benzene rings is 1. The molecule has 0 fully saturated rings. The molecule has 0 spiro atoms. The van der Waals surface area contributed by atoms with Crippen molar-refractivity contribution in [3.8, 4) is 0 Å². The molecule has 3 N–H and O–H groups in total. The van der Waals surface area contributed by atoms with Crippen LogP contribution < -0.4 is 11.1 Å². The van der Waals surface area contributed by atoms with Crippen molar-refractivity contribution in [3.63, 3.8) is 0 Å². The van der Waals surface area contributed by atoms with E-state index in [0.717, 1.165) is 0 Å². The molecule has 1 aromatic heterocycles. The van der Waals surface area contributed by atoms with Crippen LogP contribution in [0, 0.1) is 5.82 Å². The van der Waals surface area contributed by atoms with Crippen LogP contribution in [0.3, 0.4) is 0 Å². The number of hydrogen-bond acceptors (Lipinski definition) is 3. The summed E-state index contributed by atoms with van der Waals surface area (Å²) in [5.41, 5.74) is 6.12. The van der Waals surface area contributed by atoms with E-state index in [1.54, 1.807) is 11.6 Å². The Morgan fingerprint density at radius 3 is 2.88 bits per heavy atom. The molecule has 0 aliphatic heterocycles. The number of amides is 1. The van der Waals surface area contributed by atoms with Gasteiger partial charge in [0, 0.05) is 12.7 Å². The third kappa shape index (κ3) is 2.25. The van der Waals surface area contributed by atoms with Crippen molar-refractivity contribution < 1.29 is 9.18 Å². The molecule has 0 aliphatic rings. The number of imidazole rings is 1. The minimum absolute atomic E-state index is 0.0449. The summed E-state index contributed by atoms with van der Waals surface area (Å²) in [5, 5.41) is 2.56. The average Bonchev–Trinajstić information content (AvgIpc) is 2.70. The van der Waals surface area contributed by atoms with Gasteiger partial charge in [-0.15, -0.1) is 0 Å². The molecule has 2 rings (SSSR count). The van der Waals surface area contributed by atoms with E-state index in [0.29, 0.717) is 11.4 Å². The van der Waals surface area contributed by atoms with Gasteiger partial charge in [-0.1, -0.05) is 0 Å². The Kier molecular flexibility index (Phi) is 2.78. The lowest BCUT2D eigenvalue weighted by molar-refractivity contribution is 0.101. The standard InChI is InChI=1S/C11H11FN4O/c1-16-6-14-5-10(16)11(17)15-7-2-3-9(13)8(12)4-7/h2-6H,13H2,1H3,(H,15,17). The van der Waals surface area contributed by atoms with Gasteiger partial charge in [-0.3, -0.25) is 4.79 Å². The first-order valence-electron chi connectivity index (χ1n) is 4.90. The number of aromatic nitrogens is 2. The number of nitrogens with zero attached hydrogens (tertiary/aromatic N) is 2. The van der Waals surface area contributed by atoms with Crippen LogP contribution in [0.4, 0.5) is 15.8 Å². The fraction of sp³-hybridized carbons (Fsp3) is 0.0909. The van der Waals surface area contributed by atoms with Crippen molar-refractivity contribution in [1.82, 2.24) is 9.55 Å². The maximum absolute atomic E-state index is 13.2. The van der Waals surface area contributed by atoms with Gasteiger partial charge in [0.1, 0.15) is 11.5 Å². The van der Waals surface area contributed by atoms with Crippen molar-refractivity contribution in [1.29, 1.82) is 0 Å². The maximum atomic E-state index is 13.2. The molecule has 88 valence electrons. The van der Waals surface area contributed by atoms with Gasteiger partial charge >= 0.3 is 0 Å². The van der Waals surface area contributed by atoms with E-state index < -0.39 is 5.82 Å². The highest BCUT2D eigenvalue weighted by molar-refractivity contribution is 6.02. The zero-order valence-corrected chi connectivity index (χ0v) is 9.14. The van der Waals surface area contributed by atoms with Crippen LogP contribution in [0.25, 0.3) is 0 Å². The predicted molar refractivity (Wildman–Crippen MR) is 62.0 cm³/mol. The molecule has 1 aromatic carbocycles. The first kappa shape index (κ1) is 11.1. The molecular weight excluding hydrogens is 223 g/mol. The molecule has 0 aliphatic carbocycles. The number of nitrogen functional groups attached to an aromatic ring is 1. The van der Waals surface area contributed by atoms with Crippen LogP contribution in [-0.4, -0.2) is 15.5 Å². The van der Waals surface area contributed by atoms with Crippen molar-refractivity contribution in [3.05, 3.63) is 42.2 Å². The number of carbonyl (C=O) groups is 1. The van der Waals surface area contributed by atoms with E-state index in [1.807, 2.05) is 0 Å². The number of nitrogens with one attached hydrogen (secondary N) is 1. The summed E-state index contributed by atoms with van der Waals surface area (Å²) < 4.78 is 14.7. The van der Waals surface area contributed by atoms with Crippen LogP contribution in [0.5, 0.6) is 0 Å². The molecule has 2 aromatic rings. The summed E-state index contributed by atoms with van der Waals surface area (Å²) in [7, 11) is 1.70. The molecule has 0 radical (unpaired) electrons. The Hall–Kier alpha value is -2.37. The SMILES string of the molecule is Cn1cncc1C(=O)Nc1ccc(N)c(F)c1. The van der Waals surface area contributed by atoms with E-state index in [-0.39, 0.29) is 11.6 Å². The predicted octanol–water partition coefficient (Wildman–Crippen LogP) is 1.39. The van der Waals surface area contributed by atoms with Crippen molar-refractivity contribution in [2.45, 2.75) is 0 Å². The lowest BCUT2D eigenvalue weighted by atomic mass is 10.2. The molecule has 1 amide bonds. The highest BCUT2D eigenvalue weighted by atomic mass is 19.1. The summed E-state index contributed by atoms with van der Waals surface area (Å²) in [4.78, 5) is 15.6. The number of rotatable bonds is 2. The lowest BCUT2D eigenvalue weighted by Crippen LogP contribution is -2.15. The average molecular weight is 234 g/mol. The second-order valence-corrected chi connectivity index (χ2v) is 3.58. The van der Waals surface area contributed by atoms with Crippen molar-refractivity contribution in [2.24, 2.45) is 7.05 Å². The molecule has 0 unspecified atom stereocenters.